The van der Waals surface area contributed by atoms with E-state index in [-0.39, 0.29) is 59.5 Å². The molecule has 1 saturated heterocycles. The quantitative estimate of drug-likeness (QED) is 0.0194. The molecule has 12 atom stereocenters. The summed E-state index contributed by atoms with van der Waals surface area (Å²) in [6.45, 7) is 0.240. The predicted molar refractivity (Wildman–Crippen MR) is 319 cm³/mol. The van der Waals surface area contributed by atoms with Crippen LogP contribution >= 0.6 is 7.82 Å². The first-order chi connectivity index (χ1) is 41.9. The van der Waals surface area contributed by atoms with Gasteiger partial charge in [-0.05, 0) is 50.0 Å². The second kappa shape index (κ2) is 31.8. The number of phosphoric ester groups is 1. The molecule has 1 N–H and O–H groups in total. The first kappa shape index (κ1) is 60.9. The Hall–Kier alpha value is -7.18. The molecule has 8 aromatic carbocycles. The van der Waals surface area contributed by atoms with Crippen LogP contribution in [0.2, 0.25) is 0 Å². The van der Waals surface area contributed by atoms with Gasteiger partial charge in [0.05, 0.1) is 59.5 Å². The van der Waals surface area contributed by atoms with Gasteiger partial charge >= 0.3 is 7.82 Å². The molecule has 10 rings (SSSR count). The van der Waals surface area contributed by atoms with E-state index in [2.05, 4.69) is 10.0 Å². The van der Waals surface area contributed by atoms with Gasteiger partial charge in [0, 0.05) is 4.91 Å². The Labute approximate surface area is 496 Å². The third kappa shape index (κ3) is 17.9. The van der Waals surface area contributed by atoms with Crippen LogP contribution in [0.5, 0.6) is 0 Å². The lowest BCUT2D eigenvalue weighted by atomic mass is 9.83. The average molecular weight is 1170 g/mol. The van der Waals surface area contributed by atoms with Gasteiger partial charge in [0.2, 0.25) is 0 Å². The highest BCUT2D eigenvalue weighted by atomic mass is 31.2. The molecular formula is C68H70N3O13P. The van der Waals surface area contributed by atoms with Crippen molar-refractivity contribution in [2.24, 2.45) is 5.11 Å². The Morgan fingerprint density at radius 2 is 0.682 bits per heavy atom. The summed E-state index contributed by atoms with van der Waals surface area (Å²) in [6, 6.07) is 75.1. The maximum Gasteiger partial charge on any atom is 0.472 e. The molecule has 1 aliphatic carbocycles. The van der Waals surface area contributed by atoms with Gasteiger partial charge in [-0.25, -0.2) is 4.57 Å². The van der Waals surface area contributed by atoms with E-state index in [1.807, 2.05) is 218 Å². The third-order valence-corrected chi connectivity index (χ3v) is 15.6. The first-order valence-electron chi connectivity index (χ1n) is 28.5. The molecule has 1 aliphatic heterocycles. The summed E-state index contributed by atoms with van der Waals surface area (Å²) in [5, 5.41) is 4.43. The maximum atomic E-state index is 15.0. The molecule has 1 unspecified atom stereocenters. The maximum absolute atomic E-state index is 15.0. The lowest BCUT2D eigenvalue weighted by molar-refractivity contribution is -0.337. The monoisotopic (exact) mass is 1170 g/mol. The zero-order valence-electron chi connectivity index (χ0n) is 46.9. The Balaban J connectivity index is 1.11. The second-order valence-electron chi connectivity index (χ2n) is 20.7. The minimum atomic E-state index is -5.13. The van der Waals surface area contributed by atoms with Gasteiger partial charge in [-0.3, -0.25) is 9.05 Å². The van der Waals surface area contributed by atoms with Crippen molar-refractivity contribution in [3.05, 3.63) is 298 Å². The van der Waals surface area contributed by atoms with Gasteiger partial charge in [-0.15, -0.1) is 0 Å². The van der Waals surface area contributed by atoms with Crippen LogP contribution in [0.4, 0.5) is 0 Å². The molecular weight excluding hydrogens is 1100 g/mol. The molecule has 0 bridgehead atoms. The topological polar surface area (TPSA) is 188 Å². The molecule has 0 aromatic heterocycles. The van der Waals surface area contributed by atoms with Crippen molar-refractivity contribution < 1.29 is 61.1 Å². The van der Waals surface area contributed by atoms with Crippen molar-refractivity contribution in [2.75, 3.05) is 6.61 Å². The SMILES string of the molecule is [N-]=[N+]=N[C@H]1[C@@H](O[C@@H]2[C@@H](OCc3ccccc3)[C@H](OCc3ccccc3)[C@@H](OCc3ccccc3)[C@@H](OCc3ccccc3)[C@H]2OP(=O)(O)OCc2ccccc2)O[C@H](COCc2ccccc2)[C@@H](OCc2ccccc2)[C@@H]1OCc1ccccc1. The summed E-state index contributed by atoms with van der Waals surface area (Å²) in [4.78, 5) is 15.6. The summed E-state index contributed by atoms with van der Waals surface area (Å²) < 4.78 is 90.7. The number of rotatable bonds is 30. The van der Waals surface area contributed by atoms with Crippen LogP contribution in [-0.2, 0) is 109 Å². The molecule has 440 valence electrons. The molecule has 0 spiro atoms. The van der Waals surface area contributed by atoms with Gasteiger partial charge in [0.1, 0.15) is 61.0 Å². The summed E-state index contributed by atoms with van der Waals surface area (Å²) in [6.07, 6.45) is -12.3. The fraction of sp³-hybridized carbons (Fsp3) is 0.294. The Morgan fingerprint density at radius 3 is 1.04 bits per heavy atom. The van der Waals surface area contributed by atoms with Crippen molar-refractivity contribution in [1.82, 2.24) is 0 Å². The minimum absolute atomic E-state index is 0.00494. The summed E-state index contributed by atoms with van der Waals surface area (Å²) in [5.74, 6) is 0. The molecule has 16 nitrogen and oxygen atoms in total. The van der Waals surface area contributed by atoms with Crippen LogP contribution in [0.25, 0.3) is 10.4 Å². The number of nitrogens with zero attached hydrogens (tertiary/aromatic N) is 3. The summed E-state index contributed by atoms with van der Waals surface area (Å²) in [5.41, 5.74) is 17.2. The third-order valence-electron chi connectivity index (χ3n) is 14.6. The molecule has 85 heavy (non-hydrogen) atoms. The normalized spacial score (nSPS) is 23.8. The molecule has 8 aromatic rings. The minimum Gasteiger partial charge on any atom is -0.374 e. The standard InChI is InChI=1S/C68H70N3O13P/c69-71-70-59-61(76-43-52-29-13-3-14-30-52)60(75-42-51-27-11-2-12-28-51)58(49-74-41-50-25-9-1-10-26-50)82-68(59)83-66-64(79-46-55-35-19-6-20-36-55)62(77-44-53-31-15-4-16-32-53)63(78-45-54-33-17-5-18-34-54)65(80-47-56-37-21-7-22-38-56)67(66)84-85(72,73)81-48-57-39-23-8-24-40-57/h1-40,58-68H,41-49H2,(H,72,73)/t58-,59-,60-,61-,62-,63-,64+,65-,66-,67-,68-/m1/s1. The van der Waals surface area contributed by atoms with Gasteiger partial charge in [-0.1, -0.05) is 248 Å². The predicted octanol–water partition coefficient (Wildman–Crippen LogP) is 13.2. The van der Waals surface area contributed by atoms with E-state index in [1.54, 1.807) is 24.3 Å². The van der Waals surface area contributed by atoms with Crippen LogP contribution in [0.15, 0.2) is 248 Å². The van der Waals surface area contributed by atoms with E-state index < -0.39 is 75.1 Å². The lowest BCUT2D eigenvalue weighted by Gasteiger charge is -2.52. The molecule has 0 radical (unpaired) electrons. The van der Waals surface area contributed by atoms with E-state index in [1.165, 1.54) is 0 Å². The van der Waals surface area contributed by atoms with E-state index in [9.17, 15) is 15.0 Å². The number of phosphoric acid groups is 1. The Kier molecular flexibility index (Phi) is 22.8. The highest BCUT2D eigenvalue weighted by Gasteiger charge is 2.59. The summed E-state index contributed by atoms with van der Waals surface area (Å²) >= 11 is 0. The van der Waals surface area contributed by atoms with Crippen LogP contribution in [-0.4, -0.2) is 78.8 Å². The van der Waals surface area contributed by atoms with Crippen molar-refractivity contribution in [2.45, 2.75) is 120 Å². The fourth-order valence-corrected chi connectivity index (χ4v) is 11.3. The highest BCUT2D eigenvalue weighted by Crippen LogP contribution is 2.50. The van der Waals surface area contributed by atoms with Crippen LogP contribution in [0, 0.1) is 0 Å². The van der Waals surface area contributed by atoms with Crippen molar-refractivity contribution in [3.63, 3.8) is 0 Å². The largest absolute Gasteiger partial charge is 0.472 e. The lowest BCUT2D eigenvalue weighted by Crippen LogP contribution is -2.69. The molecule has 0 amide bonds. The Morgan fingerprint density at radius 1 is 0.388 bits per heavy atom. The Bertz CT molecular complexity index is 3280. The number of ether oxygens (including phenoxy) is 9. The zero-order chi connectivity index (χ0) is 58.3. The van der Waals surface area contributed by atoms with E-state index in [0.29, 0.717) is 5.56 Å². The molecule has 1 heterocycles. The van der Waals surface area contributed by atoms with Crippen LogP contribution in [0.3, 0.4) is 0 Å². The highest BCUT2D eigenvalue weighted by molar-refractivity contribution is 7.47. The zero-order valence-corrected chi connectivity index (χ0v) is 47.8. The average Bonchev–Trinajstić information content (AvgIpc) is 2.06. The number of benzene rings is 8. The van der Waals surface area contributed by atoms with Crippen molar-refractivity contribution >= 4 is 7.82 Å². The number of hydrogen-bond acceptors (Lipinski definition) is 13. The van der Waals surface area contributed by atoms with Crippen molar-refractivity contribution in [3.8, 4) is 0 Å². The van der Waals surface area contributed by atoms with Gasteiger partial charge in [-0.2, -0.15) is 0 Å². The van der Waals surface area contributed by atoms with Crippen LogP contribution < -0.4 is 0 Å². The molecule has 1 saturated carbocycles. The van der Waals surface area contributed by atoms with Crippen molar-refractivity contribution in [1.29, 1.82) is 0 Å². The molecule has 2 fully saturated rings. The summed E-state index contributed by atoms with van der Waals surface area (Å²) in [7, 11) is -5.13. The number of azide groups is 1. The smallest absolute Gasteiger partial charge is 0.374 e. The van der Waals surface area contributed by atoms with E-state index >= 15 is 0 Å². The van der Waals surface area contributed by atoms with Gasteiger partial charge < -0.3 is 47.5 Å². The fourth-order valence-electron chi connectivity index (χ4n) is 10.4. The van der Waals surface area contributed by atoms with Crippen LogP contribution in [0.1, 0.15) is 44.5 Å². The van der Waals surface area contributed by atoms with Gasteiger partial charge in [0.25, 0.3) is 0 Å². The van der Waals surface area contributed by atoms with E-state index in [0.717, 1.165) is 38.9 Å². The molecule has 17 heteroatoms. The first-order valence-corrected chi connectivity index (χ1v) is 29.9. The van der Waals surface area contributed by atoms with Gasteiger partial charge in [0.15, 0.2) is 6.29 Å². The second-order valence-corrected chi connectivity index (χ2v) is 22.1. The molecule has 2 aliphatic rings. The van der Waals surface area contributed by atoms with E-state index in [4.69, 9.17) is 51.7 Å². The number of hydrogen-bond donors (Lipinski definition) is 1.